The summed E-state index contributed by atoms with van der Waals surface area (Å²) in [7, 11) is 0. The molecule has 1 heterocycles. The van der Waals surface area contributed by atoms with E-state index in [9.17, 15) is 0 Å². The fourth-order valence-electron chi connectivity index (χ4n) is 2.14. The van der Waals surface area contributed by atoms with Crippen LogP contribution in [0.15, 0.2) is 10.5 Å². The number of furan rings is 1. The summed E-state index contributed by atoms with van der Waals surface area (Å²) >= 11 is 0. The average Bonchev–Trinajstić information content (AvgIpc) is 3.11. The lowest BCUT2D eigenvalue weighted by Crippen LogP contribution is -2.15. The third-order valence-electron chi connectivity index (χ3n) is 3.54. The highest BCUT2D eigenvalue weighted by Gasteiger charge is 2.20. The number of hydrogen-bond acceptors (Lipinski definition) is 3. The Balaban J connectivity index is 1.66. The van der Waals surface area contributed by atoms with Crippen molar-refractivity contribution in [1.82, 2.24) is 5.32 Å². The summed E-state index contributed by atoms with van der Waals surface area (Å²) in [6.07, 6.45) is 5.01. The fourth-order valence-corrected chi connectivity index (χ4v) is 2.14. The minimum Gasteiger partial charge on any atom is -0.464 e. The van der Waals surface area contributed by atoms with Gasteiger partial charge in [-0.05, 0) is 44.6 Å². The Bertz CT molecular complexity index is 380. The van der Waals surface area contributed by atoms with E-state index >= 15 is 0 Å². The number of aryl methyl sites for hydroxylation is 1. The lowest BCUT2D eigenvalue weighted by atomic mass is 10.1. The van der Waals surface area contributed by atoms with Gasteiger partial charge in [0.05, 0.1) is 0 Å². The van der Waals surface area contributed by atoms with Crippen molar-refractivity contribution in [3.63, 3.8) is 0 Å². The Morgan fingerprint density at radius 2 is 2.21 bits per heavy atom. The molecular formula is C16H27NO2. The molecule has 1 saturated carbocycles. The largest absolute Gasteiger partial charge is 0.464 e. The smallest absolute Gasteiger partial charge is 0.130 e. The van der Waals surface area contributed by atoms with E-state index in [2.05, 4.69) is 25.2 Å². The molecular weight excluding hydrogens is 238 g/mol. The number of hydrogen-bond donors (Lipinski definition) is 1. The SMILES string of the molecule is Cc1oc(COCCCC(C)C)cc1CNC1CC1. The molecule has 19 heavy (non-hydrogen) atoms. The van der Waals surface area contributed by atoms with Crippen LogP contribution in [-0.2, 0) is 17.9 Å². The summed E-state index contributed by atoms with van der Waals surface area (Å²) in [6.45, 7) is 8.87. The molecule has 2 rings (SSSR count). The molecule has 0 spiro atoms. The van der Waals surface area contributed by atoms with E-state index in [1.807, 2.05) is 6.92 Å². The molecule has 0 atom stereocenters. The van der Waals surface area contributed by atoms with E-state index < -0.39 is 0 Å². The number of nitrogens with one attached hydrogen (secondary N) is 1. The Morgan fingerprint density at radius 1 is 1.42 bits per heavy atom. The van der Waals surface area contributed by atoms with Crippen molar-refractivity contribution in [3.8, 4) is 0 Å². The molecule has 1 aliphatic rings. The Hall–Kier alpha value is -0.800. The molecule has 0 saturated heterocycles. The second-order valence-corrected chi connectivity index (χ2v) is 6.04. The van der Waals surface area contributed by atoms with Crippen LogP contribution in [0.3, 0.4) is 0 Å². The molecule has 1 aliphatic carbocycles. The van der Waals surface area contributed by atoms with Crippen LogP contribution in [0, 0.1) is 12.8 Å². The van der Waals surface area contributed by atoms with Crippen molar-refractivity contribution in [2.45, 2.75) is 65.6 Å². The van der Waals surface area contributed by atoms with E-state index in [1.165, 1.54) is 24.8 Å². The maximum absolute atomic E-state index is 5.73. The minimum absolute atomic E-state index is 0.600. The first-order chi connectivity index (χ1) is 9.15. The van der Waals surface area contributed by atoms with Crippen LogP contribution in [0.5, 0.6) is 0 Å². The van der Waals surface area contributed by atoms with Crippen LogP contribution in [0.1, 0.15) is 56.6 Å². The number of rotatable bonds is 9. The van der Waals surface area contributed by atoms with Gasteiger partial charge in [-0.2, -0.15) is 0 Å². The van der Waals surface area contributed by atoms with Crippen LogP contribution < -0.4 is 5.32 Å². The lowest BCUT2D eigenvalue weighted by molar-refractivity contribution is 0.100. The van der Waals surface area contributed by atoms with Crippen molar-refractivity contribution in [3.05, 3.63) is 23.2 Å². The van der Waals surface area contributed by atoms with Gasteiger partial charge in [-0.25, -0.2) is 0 Å². The van der Waals surface area contributed by atoms with Gasteiger partial charge in [-0.15, -0.1) is 0 Å². The van der Waals surface area contributed by atoms with Crippen molar-refractivity contribution in [1.29, 1.82) is 0 Å². The maximum Gasteiger partial charge on any atom is 0.130 e. The molecule has 1 aromatic heterocycles. The highest BCUT2D eigenvalue weighted by atomic mass is 16.5. The van der Waals surface area contributed by atoms with Crippen LogP contribution in [0.25, 0.3) is 0 Å². The van der Waals surface area contributed by atoms with Crippen LogP contribution in [0.4, 0.5) is 0 Å². The maximum atomic E-state index is 5.73. The summed E-state index contributed by atoms with van der Waals surface area (Å²) in [6, 6.07) is 2.87. The van der Waals surface area contributed by atoms with Gasteiger partial charge in [-0.1, -0.05) is 13.8 Å². The standard InChI is InChI=1S/C16H27NO2/c1-12(2)5-4-8-18-11-16-9-14(13(3)19-16)10-17-15-6-7-15/h9,12,15,17H,4-8,10-11H2,1-3H3. The summed E-state index contributed by atoms with van der Waals surface area (Å²) < 4.78 is 11.4. The van der Waals surface area contributed by atoms with Gasteiger partial charge >= 0.3 is 0 Å². The van der Waals surface area contributed by atoms with Gasteiger partial charge in [0.1, 0.15) is 18.1 Å². The normalized spacial score (nSPS) is 15.4. The predicted octanol–water partition coefficient (Wildman–Crippen LogP) is 3.79. The summed E-state index contributed by atoms with van der Waals surface area (Å²) in [5.74, 6) is 2.73. The van der Waals surface area contributed by atoms with E-state index in [-0.39, 0.29) is 0 Å². The molecule has 0 unspecified atom stereocenters. The summed E-state index contributed by atoms with van der Waals surface area (Å²) in [5.41, 5.74) is 1.27. The highest BCUT2D eigenvalue weighted by Crippen LogP contribution is 2.21. The van der Waals surface area contributed by atoms with Crippen LogP contribution in [0.2, 0.25) is 0 Å². The predicted molar refractivity (Wildman–Crippen MR) is 77.0 cm³/mol. The zero-order valence-corrected chi connectivity index (χ0v) is 12.5. The molecule has 3 nitrogen and oxygen atoms in total. The second-order valence-electron chi connectivity index (χ2n) is 6.04. The Morgan fingerprint density at radius 3 is 2.89 bits per heavy atom. The second kappa shape index (κ2) is 7.11. The van der Waals surface area contributed by atoms with Crippen LogP contribution >= 0.6 is 0 Å². The van der Waals surface area contributed by atoms with Gasteiger partial charge in [0.15, 0.2) is 0 Å². The van der Waals surface area contributed by atoms with Gasteiger partial charge in [0.2, 0.25) is 0 Å². The summed E-state index contributed by atoms with van der Waals surface area (Å²) in [5, 5.41) is 3.52. The molecule has 0 aromatic carbocycles. The quantitative estimate of drug-likeness (QED) is 0.690. The van der Waals surface area contributed by atoms with Crippen LogP contribution in [-0.4, -0.2) is 12.6 Å². The highest BCUT2D eigenvalue weighted by molar-refractivity contribution is 5.20. The monoisotopic (exact) mass is 265 g/mol. The number of ether oxygens (including phenoxy) is 1. The van der Waals surface area contributed by atoms with Crippen molar-refractivity contribution >= 4 is 0 Å². The van der Waals surface area contributed by atoms with Crippen molar-refractivity contribution in [2.75, 3.05) is 6.61 Å². The first-order valence-corrected chi connectivity index (χ1v) is 7.54. The fraction of sp³-hybridized carbons (Fsp3) is 0.750. The molecule has 108 valence electrons. The van der Waals surface area contributed by atoms with E-state index in [0.29, 0.717) is 6.61 Å². The lowest BCUT2D eigenvalue weighted by Gasteiger charge is -2.04. The molecule has 0 bridgehead atoms. The Kier molecular flexibility index (Phi) is 5.46. The molecule has 1 aromatic rings. The first kappa shape index (κ1) is 14.6. The van der Waals surface area contributed by atoms with E-state index in [4.69, 9.17) is 9.15 Å². The third kappa shape index (κ3) is 5.37. The molecule has 0 amide bonds. The summed E-state index contributed by atoms with van der Waals surface area (Å²) in [4.78, 5) is 0. The zero-order chi connectivity index (χ0) is 13.7. The third-order valence-corrected chi connectivity index (χ3v) is 3.54. The van der Waals surface area contributed by atoms with E-state index in [1.54, 1.807) is 0 Å². The van der Waals surface area contributed by atoms with E-state index in [0.717, 1.165) is 43.1 Å². The van der Waals surface area contributed by atoms with Gasteiger partial charge < -0.3 is 14.5 Å². The zero-order valence-electron chi connectivity index (χ0n) is 12.5. The van der Waals surface area contributed by atoms with Crippen molar-refractivity contribution in [2.24, 2.45) is 5.92 Å². The minimum atomic E-state index is 0.600. The Labute approximate surface area is 116 Å². The molecule has 0 aliphatic heterocycles. The molecule has 0 radical (unpaired) electrons. The van der Waals surface area contributed by atoms with Gasteiger partial charge in [-0.3, -0.25) is 0 Å². The topological polar surface area (TPSA) is 34.4 Å². The van der Waals surface area contributed by atoms with Gasteiger partial charge in [0.25, 0.3) is 0 Å². The molecule has 3 heteroatoms. The molecule has 1 fully saturated rings. The van der Waals surface area contributed by atoms with Crippen molar-refractivity contribution < 1.29 is 9.15 Å². The molecule has 1 N–H and O–H groups in total. The first-order valence-electron chi connectivity index (χ1n) is 7.54. The van der Waals surface area contributed by atoms with Gasteiger partial charge in [0, 0.05) is 24.8 Å². The average molecular weight is 265 g/mol.